The highest BCUT2D eigenvalue weighted by Crippen LogP contribution is 2.31. The van der Waals surface area contributed by atoms with Crippen molar-refractivity contribution in [1.82, 2.24) is 24.8 Å². The molecule has 0 bridgehead atoms. The van der Waals surface area contributed by atoms with Gasteiger partial charge in [-0.3, -0.25) is 9.59 Å². The molecule has 0 saturated carbocycles. The number of aromatic nitrogens is 4. The summed E-state index contributed by atoms with van der Waals surface area (Å²) < 4.78 is 47.5. The number of hydrogen-bond acceptors (Lipinski definition) is 7. The van der Waals surface area contributed by atoms with Gasteiger partial charge in [-0.2, -0.15) is 5.10 Å². The summed E-state index contributed by atoms with van der Waals surface area (Å²) in [5.41, 5.74) is 0.102. The van der Waals surface area contributed by atoms with Gasteiger partial charge >= 0.3 is 0 Å². The Morgan fingerprint density at radius 3 is 2.58 bits per heavy atom. The number of carbonyl (C=O) groups is 1. The Kier molecular flexibility index (Phi) is 6.87. The van der Waals surface area contributed by atoms with Crippen molar-refractivity contribution in [2.75, 3.05) is 18.4 Å². The molecule has 1 N–H and O–H groups in total. The number of halogens is 3. The van der Waals surface area contributed by atoms with Crippen molar-refractivity contribution in [3.8, 4) is 0 Å². The fraction of sp³-hybridized carbons (Fsp3) is 0.346. The van der Waals surface area contributed by atoms with Crippen molar-refractivity contribution in [2.45, 2.75) is 45.2 Å². The van der Waals surface area contributed by atoms with Crippen LogP contribution in [0, 0.1) is 12.7 Å². The quantitative estimate of drug-likeness (QED) is 0.384. The zero-order chi connectivity index (χ0) is 27.0. The maximum atomic E-state index is 14.8. The predicted octanol–water partition coefficient (Wildman–Crippen LogP) is 4.82. The van der Waals surface area contributed by atoms with Gasteiger partial charge in [0.05, 0.1) is 29.1 Å². The minimum absolute atomic E-state index is 0.0662. The molecule has 12 heteroatoms. The molecule has 0 unspecified atom stereocenters. The standard InChI is InChI=1S/C26H25F3N6O3/c1-14(18-4-3-5-19(23(18)27)24(28)29)31-25-21-12-35(22(36)10-20(21)15(2)32-33-25)17-6-8-34(9-7-17)26(37)16-11-30-38-13-16/h3-5,10-14,17,24H,6-9H2,1-2H3,(H,31,33)/t14-/m1/s1. The molecular formula is C26H25F3N6O3. The lowest BCUT2D eigenvalue weighted by Gasteiger charge is -2.32. The Morgan fingerprint density at radius 1 is 1.16 bits per heavy atom. The van der Waals surface area contributed by atoms with Crippen molar-refractivity contribution in [1.29, 1.82) is 0 Å². The average molecular weight is 527 g/mol. The smallest absolute Gasteiger partial charge is 0.266 e. The number of fused-ring (bicyclic) bond motifs is 1. The minimum Gasteiger partial charge on any atom is -0.364 e. The van der Waals surface area contributed by atoms with E-state index in [-0.39, 0.29) is 23.1 Å². The maximum absolute atomic E-state index is 14.8. The van der Waals surface area contributed by atoms with E-state index in [1.807, 2.05) is 0 Å². The van der Waals surface area contributed by atoms with E-state index in [1.165, 1.54) is 30.7 Å². The highest BCUT2D eigenvalue weighted by molar-refractivity contribution is 5.93. The van der Waals surface area contributed by atoms with Crippen molar-refractivity contribution < 1.29 is 22.5 Å². The third-order valence-electron chi connectivity index (χ3n) is 6.96. The number of alkyl halides is 2. The van der Waals surface area contributed by atoms with Crippen molar-refractivity contribution in [3.63, 3.8) is 0 Å². The summed E-state index contributed by atoms with van der Waals surface area (Å²) in [5, 5.41) is 16.2. The molecule has 38 heavy (non-hydrogen) atoms. The van der Waals surface area contributed by atoms with Crippen LogP contribution in [0.4, 0.5) is 19.0 Å². The number of carbonyl (C=O) groups excluding carboxylic acids is 1. The topological polar surface area (TPSA) is 106 Å². The number of benzene rings is 1. The first kappa shape index (κ1) is 25.4. The SMILES string of the molecule is Cc1nnc(N[C@H](C)c2cccc(C(F)F)c2F)c2cn(C3CCN(C(=O)c4cnoc4)CC3)c(=O)cc12. The summed E-state index contributed by atoms with van der Waals surface area (Å²) in [6.45, 7) is 4.27. The van der Waals surface area contributed by atoms with Crippen LogP contribution in [0.5, 0.6) is 0 Å². The van der Waals surface area contributed by atoms with E-state index in [4.69, 9.17) is 4.52 Å². The van der Waals surface area contributed by atoms with E-state index in [0.29, 0.717) is 53.8 Å². The van der Waals surface area contributed by atoms with Gasteiger partial charge in [-0.15, -0.1) is 5.10 Å². The number of rotatable bonds is 6. The molecule has 5 rings (SSSR count). The molecule has 1 amide bonds. The first-order chi connectivity index (χ1) is 18.2. The van der Waals surface area contributed by atoms with Crippen molar-refractivity contribution >= 4 is 22.5 Å². The fourth-order valence-corrected chi connectivity index (χ4v) is 4.86. The number of amides is 1. The molecular weight excluding hydrogens is 501 g/mol. The zero-order valence-corrected chi connectivity index (χ0v) is 20.7. The normalized spacial score (nSPS) is 15.3. The first-order valence-corrected chi connectivity index (χ1v) is 12.2. The number of hydrogen-bond donors (Lipinski definition) is 1. The summed E-state index contributed by atoms with van der Waals surface area (Å²) in [4.78, 5) is 27.4. The summed E-state index contributed by atoms with van der Waals surface area (Å²) in [5.74, 6) is -0.852. The molecule has 1 aromatic carbocycles. The molecule has 3 aromatic heterocycles. The van der Waals surface area contributed by atoms with Gasteiger partial charge in [0.2, 0.25) is 0 Å². The van der Waals surface area contributed by atoms with Crippen LogP contribution in [0.2, 0.25) is 0 Å². The lowest BCUT2D eigenvalue weighted by atomic mass is 10.0. The molecule has 4 aromatic rings. The van der Waals surface area contributed by atoms with Gasteiger partial charge in [-0.05, 0) is 26.7 Å². The zero-order valence-electron chi connectivity index (χ0n) is 20.7. The summed E-state index contributed by atoms with van der Waals surface area (Å²) in [7, 11) is 0. The molecule has 1 fully saturated rings. The van der Waals surface area contributed by atoms with E-state index in [2.05, 4.69) is 20.7 Å². The van der Waals surface area contributed by atoms with Crippen LogP contribution in [-0.4, -0.2) is 43.8 Å². The van der Waals surface area contributed by atoms with Crippen molar-refractivity contribution in [2.24, 2.45) is 0 Å². The van der Waals surface area contributed by atoms with Crippen LogP contribution in [-0.2, 0) is 0 Å². The van der Waals surface area contributed by atoms with E-state index in [0.717, 1.165) is 6.07 Å². The average Bonchev–Trinajstić information content (AvgIpc) is 3.45. The van der Waals surface area contributed by atoms with Crippen LogP contribution in [0.1, 0.15) is 65.5 Å². The molecule has 1 aliphatic rings. The second-order valence-electron chi connectivity index (χ2n) is 9.33. The molecule has 9 nitrogen and oxygen atoms in total. The predicted molar refractivity (Wildman–Crippen MR) is 133 cm³/mol. The van der Waals surface area contributed by atoms with Gasteiger partial charge in [0.25, 0.3) is 17.9 Å². The Labute approximate surface area is 215 Å². The number of aryl methyl sites for hydroxylation is 1. The van der Waals surface area contributed by atoms with E-state index in [9.17, 15) is 22.8 Å². The van der Waals surface area contributed by atoms with Crippen molar-refractivity contribution in [3.05, 3.63) is 81.5 Å². The molecule has 198 valence electrons. The number of pyridine rings is 1. The Hall–Kier alpha value is -4.22. The number of nitrogens with one attached hydrogen (secondary N) is 1. The molecule has 0 radical (unpaired) electrons. The largest absolute Gasteiger partial charge is 0.364 e. The number of nitrogens with zero attached hydrogens (tertiary/aromatic N) is 5. The van der Waals surface area contributed by atoms with E-state index in [1.54, 1.807) is 29.5 Å². The second kappa shape index (κ2) is 10.3. The van der Waals surface area contributed by atoms with E-state index < -0.39 is 23.8 Å². The molecule has 4 heterocycles. The molecule has 1 atom stereocenters. The first-order valence-electron chi connectivity index (χ1n) is 12.2. The molecule has 1 aliphatic heterocycles. The van der Waals surface area contributed by atoms with Gasteiger partial charge in [0.15, 0.2) is 5.82 Å². The van der Waals surface area contributed by atoms with Gasteiger partial charge < -0.3 is 19.3 Å². The van der Waals surface area contributed by atoms with Crippen LogP contribution in [0.25, 0.3) is 10.8 Å². The van der Waals surface area contributed by atoms with Gasteiger partial charge in [0.1, 0.15) is 12.1 Å². The van der Waals surface area contributed by atoms with Crippen LogP contribution >= 0.6 is 0 Å². The summed E-state index contributed by atoms with van der Waals surface area (Å²) in [6, 6.07) is 4.50. The Balaban J connectivity index is 1.42. The lowest BCUT2D eigenvalue weighted by Crippen LogP contribution is -2.40. The van der Waals surface area contributed by atoms with Gasteiger partial charge in [-0.1, -0.05) is 23.4 Å². The number of anilines is 1. The molecule has 0 spiro atoms. The fourth-order valence-electron chi connectivity index (χ4n) is 4.86. The number of piperidine rings is 1. The molecule has 1 saturated heterocycles. The van der Waals surface area contributed by atoms with E-state index >= 15 is 0 Å². The third-order valence-corrected chi connectivity index (χ3v) is 6.96. The third kappa shape index (κ3) is 4.73. The monoisotopic (exact) mass is 526 g/mol. The Morgan fingerprint density at radius 2 is 1.89 bits per heavy atom. The van der Waals surface area contributed by atoms with Crippen LogP contribution < -0.4 is 10.9 Å². The Bertz CT molecular complexity index is 1530. The maximum Gasteiger partial charge on any atom is 0.266 e. The summed E-state index contributed by atoms with van der Waals surface area (Å²) >= 11 is 0. The highest BCUT2D eigenvalue weighted by Gasteiger charge is 2.27. The second-order valence-corrected chi connectivity index (χ2v) is 9.33. The lowest BCUT2D eigenvalue weighted by molar-refractivity contribution is 0.0692. The highest BCUT2D eigenvalue weighted by atomic mass is 19.3. The number of likely N-dealkylation sites (tertiary alicyclic amines) is 1. The summed E-state index contributed by atoms with van der Waals surface area (Å²) in [6.07, 6.45) is 2.56. The van der Waals surface area contributed by atoms with Crippen LogP contribution in [0.3, 0.4) is 0 Å². The van der Waals surface area contributed by atoms with Gasteiger partial charge in [-0.25, -0.2) is 13.2 Å². The molecule has 0 aliphatic carbocycles. The minimum atomic E-state index is -2.94. The van der Waals surface area contributed by atoms with Gasteiger partial charge in [0, 0.05) is 47.7 Å². The van der Waals surface area contributed by atoms with Crippen LogP contribution in [0.15, 0.2) is 52.2 Å².